The van der Waals surface area contributed by atoms with Crippen molar-refractivity contribution in [2.24, 2.45) is 0 Å². The lowest BCUT2D eigenvalue weighted by Gasteiger charge is -2.29. The molecule has 2 heteroatoms. The molecule has 0 amide bonds. The maximum Gasteiger partial charge on any atom is 0.111 e. The van der Waals surface area contributed by atoms with Crippen molar-refractivity contribution < 1.29 is 0 Å². The Hall–Kier alpha value is -1.57. The van der Waals surface area contributed by atoms with Gasteiger partial charge in [-0.15, -0.1) is 0 Å². The molecule has 0 aliphatic heterocycles. The number of nitrogens with zero attached hydrogens (tertiary/aromatic N) is 1. The average molecular weight is 310 g/mol. The summed E-state index contributed by atoms with van der Waals surface area (Å²) in [4.78, 5) is 8.20. The molecule has 1 aromatic carbocycles. The normalized spacial score (nSPS) is 15.6. The van der Waals surface area contributed by atoms with Crippen molar-refractivity contribution >= 4 is 0 Å². The molecule has 0 fully saturated rings. The van der Waals surface area contributed by atoms with Crippen molar-refractivity contribution in [1.29, 1.82) is 0 Å². The van der Waals surface area contributed by atoms with Crippen LogP contribution in [0.2, 0.25) is 0 Å². The smallest absolute Gasteiger partial charge is 0.111 e. The fourth-order valence-electron chi connectivity index (χ4n) is 3.66. The van der Waals surface area contributed by atoms with Crippen LogP contribution < -0.4 is 0 Å². The lowest BCUT2D eigenvalue weighted by atomic mass is 9.76. The molecule has 0 saturated heterocycles. The van der Waals surface area contributed by atoms with Crippen molar-refractivity contribution in [3.05, 3.63) is 40.8 Å². The predicted octanol–water partition coefficient (Wildman–Crippen LogP) is 5.55. The molecular weight excluding hydrogens is 280 g/mol. The number of hydrogen-bond acceptors (Lipinski definition) is 1. The minimum atomic E-state index is 0.0592. The molecule has 1 aliphatic rings. The number of rotatable bonds is 1. The summed E-state index contributed by atoms with van der Waals surface area (Å²) in [7, 11) is 0. The first-order valence-electron chi connectivity index (χ1n) is 8.89. The van der Waals surface area contributed by atoms with E-state index in [2.05, 4.69) is 63.6 Å². The molecule has 23 heavy (non-hydrogen) atoms. The number of aromatic amines is 1. The summed E-state index contributed by atoms with van der Waals surface area (Å²) in [6, 6.07) is 4.65. The Kier molecular flexibility index (Phi) is 3.90. The number of imidazole rings is 1. The van der Waals surface area contributed by atoms with Crippen molar-refractivity contribution in [2.45, 2.75) is 78.1 Å². The summed E-state index contributed by atoms with van der Waals surface area (Å²) in [6.07, 6.45) is 7.04. The van der Waals surface area contributed by atoms with Gasteiger partial charge in [0.05, 0.1) is 11.9 Å². The maximum absolute atomic E-state index is 4.63. The predicted molar refractivity (Wildman–Crippen MR) is 98.1 cm³/mol. The van der Waals surface area contributed by atoms with E-state index in [1.807, 2.05) is 6.20 Å². The van der Waals surface area contributed by atoms with Gasteiger partial charge in [0.2, 0.25) is 0 Å². The van der Waals surface area contributed by atoms with Gasteiger partial charge in [0, 0.05) is 11.0 Å². The Balaban J connectivity index is 2.12. The third-order valence-corrected chi connectivity index (χ3v) is 4.92. The fraction of sp³-hybridized carbons (Fsp3) is 0.571. The summed E-state index contributed by atoms with van der Waals surface area (Å²) in [5.74, 6) is 1.07. The van der Waals surface area contributed by atoms with Gasteiger partial charge < -0.3 is 4.98 Å². The lowest BCUT2D eigenvalue weighted by molar-refractivity contribution is 0.553. The van der Waals surface area contributed by atoms with Crippen LogP contribution in [0.5, 0.6) is 0 Å². The van der Waals surface area contributed by atoms with Gasteiger partial charge in [-0.3, -0.25) is 0 Å². The molecule has 0 bridgehead atoms. The highest BCUT2D eigenvalue weighted by molar-refractivity contribution is 5.67. The Morgan fingerprint density at radius 2 is 1.52 bits per heavy atom. The quantitative estimate of drug-likeness (QED) is 0.735. The first-order valence-corrected chi connectivity index (χ1v) is 8.89. The second-order valence-corrected chi connectivity index (χ2v) is 8.97. The highest BCUT2D eigenvalue weighted by Gasteiger charge is 2.25. The van der Waals surface area contributed by atoms with Crippen LogP contribution in [0.1, 0.15) is 76.9 Å². The minimum Gasteiger partial charge on any atom is -0.342 e. The molecule has 2 aromatic rings. The number of hydrogen-bond donors (Lipinski definition) is 1. The maximum atomic E-state index is 4.63. The van der Waals surface area contributed by atoms with Gasteiger partial charge in [-0.25, -0.2) is 4.98 Å². The van der Waals surface area contributed by atoms with Crippen molar-refractivity contribution in [3.8, 4) is 11.3 Å². The second kappa shape index (κ2) is 5.51. The summed E-state index contributed by atoms with van der Waals surface area (Å²) in [6.45, 7) is 13.6. The number of H-pyrrole nitrogens is 1. The summed E-state index contributed by atoms with van der Waals surface area (Å²) in [5, 5.41) is 0. The van der Waals surface area contributed by atoms with E-state index in [0.717, 1.165) is 5.82 Å². The molecule has 0 unspecified atom stereocenters. The summed E-state index contributed by atoms with van der Waals surface area (Å²) in [5.41, 5.74) is 7.46. The molecule has 124 valence electrons. The third-order valence-electron chi connectivity index (χ3n) is 4.92. The molecule has 0 saturated carbocycles. The zero-order valence-corrected chi connectivity index (χ0v) is 15.5. The van der Waals surface area contributed by atoms with Crippen molar-refractivity contribution in [3.63, 3.8) is 0 Å². The van der Waals surface area contributed by atoms with E-state index < -0.39 is 0 Å². The van der Waals surface area contributed by atoms with Gasteiger partial charge in [0.1, 0.15) is 5.82 Å². The van der Waals surface area contributed by atoms with Crippen LogP contribution in [0.25, 0.3) is 11.3 Å². The van der Waals surface area contributed by atoms with E-state index in [9.17, 15) is 0 Å². The zero-order valence-electron chi connectivity index (χ0n) is 15.5. The van der Waals surface area contributed by atoms with E-state index in [1.165, 1.54) is 42.5 Å². The SMILES string of the molecule is CC(C)(C)c1ncc(-c2ccc(C(C)(C)C)c3c2CCCC3)[nH]1. The van der Waals surface area contributed by atoms with Crippen molar-refractivity contribution in [2.75, 3.05) is 0 Å². The van der Waals surface area contributed by atoms with E-state index >= 15 is 0 Å². The highest BCUT2D eigenvalue weighted by atomic mass is 14.9. The fourth-order valence-corrected chi connectivity index (χ4v) is 3.66. The van der Waals surface area contributed by atoms with Gasteiger partial charge in [0.15, 0.2) is 0 Å². The third kappa shape index (κ3) is 3.08. The van der Waals surface area contributed by atoms with Gasteiger partial charge in [-0.1, -0.05) is 53.7 Å². The zero-order chi connectivity index (χ0) is 16.8. The monoisotopic (exact) mass is 310 g/mol. The standard InChI is InChI=1S/C21H30N2/c1-20(2,3)17-12-11-16(14-9-7-8-10-15(14)17)18-13-22-19(23-18)21(4,5)6/h11-13H,7-10H2,1-6H3,(H,22,23). The number of benzene rings is 1. The van der Waals surface area contributed by atoms with E-state index in [-0.39, 0.29) is 10.8 Å². The number of nitrogens with one attached hydrogen (secondary N) is 1. The molecule has 0 radical (unpaired) electrons. The van der Waals surface area contributed by atoms with Gasteiger partial charge in [-0.2, -0.15) is 0 Å². The Morgan fingerprint density at radius 3 is 2.09 bits per heavy atom. The Bertz CT molecular complexity index is 708. The Morgan fingerprint density at radius 1 is 0.870 bits per heavy atom. The Labute approximate surface area is 140 Å². The largest absolute Gasteiger partial charge is 0.342 e. The molecule has 1 aromatic heterocycles. The summed E-state index contributed by atoms with van der Waals surface area (Å²) >= 11 is 0. The molecule has 0 spiro atoms. The van der Waals surface area contributed by atoms with Crippen LogP contribution in [0.3, 0.4) is 0 Å². The average Bonchev–Trinajstić information content (AvgIpc) is 2.94. The van der Waals surface area contributed by atoms with Gasteiger partial charge >= 0.3 is 0 Å². The molecule has 1 aliphatic carbocycles. The van der Waals surface area contributed by atoms with Crippen LogP contribution in [-0.4, -0.2) is 9.97 Å². The number of fused-ring (bicyclic) bond motifs is 1. The van der Waals surface area contributed by atoms with Crippen LogP contribution >= 0.6 is 0 Å². The minimum absolute atomic E-state index is 0.0592. The molecular formula is C21H30N2. The first-order chi connectivity index (χ1) is 10.7. The van der Waals surface area contributed by atoms with Crippen LogP contribution in [0, 0.1) is 0 Å². The van der Waals surface area contributed by atoms with Gasteiger partial charge in [0.25, 0.3) is 0 Å². The second-order valence-electron chi connectivity index (χ2n) is 8.97. The van der Waals surface area contributed by atoms with Crippen LogP contribution in [-0.2, 0) is 23.7 Å². The molecule has 0 atom stereocenters. The van der Waals surface area contributed by atoms with E-state index in [1.54, 1.807) is 11.1 Å². The molecule has 3 rings (SSSR count). The van der Waals surface area contributed by atoms with Crippen LogP contribution in [0.4, 0.5) is 0 Å². The number of aromatic nitrogens is 2. The van der Waals surface area contributed by atoms with Crippen LogP contribution in [0.15, 0.2) is 18.3 Å². The first kappa shape index (κ1) is 16.3. The highest BCUT2D eigenvalue weighted by Crippen LogP contribution is 2.38. The summed E-state index contributed by atoms with van der Waals surface area (Å²) < 4.78 is 0. The molecule has 1 N–H and O–H groups in total. The van der Waals surface area contributed by atoms with E-state index in [4.69, 9.17) is 0 Å². The van der Waals surface area contributed by atoms with E-state index in [0.29, 0.717) is 0 Å². The van der Waals surface area contributed by atoms with Crippen molar-refractivity contribution in [1.82, 2.24) is 9.97 Å². The molecule has 2 nitrogen and oxygen atoms in total. The lowest BCUT2D eigenvalue weighted by Crippen LogP contribution is -2.18. The molecule has 1 heterocycles. The van der Waals surface area contributed by atoms with Gasteiger partial charge in [-0.05, 0) is 47.8 Å². The topological polar surface area (TPSA) is 28.7 Å².